The number of nitrogens with one attached hydrogen (secondary N) is 1. The first-order valence-corrected chi connectivity index (χ1v) is 19.4. The Balaban J connectivity index is 1.38. The standard InChI is InChI=1S/C38H50N8O6S/c1-6-27(4)35(46-20-19-44(38(46)49)25-34-41-31-13-10-18-39-36(31)43(34)5)37(48)42-32(21-28-11-8-7-9-12-28)33(47)24-45(23-26(2)3)53(51,52)30-16-14-29(15-17-30)22-40-50/h7-18,22,26-27,32-33,35,47,50H,6,19-21,23-25H2,1-5H3,(H,42,48)/b40-22+/t27-,32-,33+,35-/m0/s1. The van der Waals surface area contributed by atoms with Crippen molar-refractivity contribution in [3.8, 4) is 0 Å². The van der Waals surface area contributed by atoms with Gasteiger partial charge >= 0.3 is 6.03 Å². The zero-order chi connectivity index (χ0) is 38.3. The van der Waals surface area contributed by atoms with Crippen LogP contribution in [-0.2, 0) is 34.8 Å². The van der Waals surface area contributed by atoms with E-state index in [2.05, 4.69) is 20.4 Å². The molecule has 0 radical (unpaired) electrons. The fourth-order valence-electron chi connectivity index (χ4n) is 6.69. The van der Waals surface area contributed by atoms with E-state index in [1.165, 1.54) is 34.8 Å². The number of pyridine rings is 1. The van der Waals surface area contributed by atoms with Gasteiger partial charge in [-0.2, -0.15) is 4.31 Å². The maximum atomic E-state index is 14.4. The highest BCUT2D eigenvalue weighted by molar-refractivity contribution is 7.89. The van der Waals surface area contributed by atoms with Gasteiger partial charge < -0.3 is 30.0 Å². The number of rotatable bonds is 17. The summed E-state index contributed by atoms with van der Waals surface area (Å²) in [7, 11) is -2.21. The molecule has 4 aromatic rings. The molecule has 0 aliphatic carbocycles. The maximum Gasteiger partial charge on any atom is 0.321 e. The second-order valence-electron chi connectivity index (χ2n) is 14.1. The first kappa shape index (κ1) is 39.3. The van der Waals surface area contributed by atoms with Gasteiger partial charge in [-0.25, -0.2) is 23.2 Å². The molecule has 2 aromatic heterocycles. The number of urea groups is 1. The van der Waals surface area contributed by atoms with Crippen molar-refractivity contribution in [3.63, 3.8) is 0 Å². The van der Waals surface area contributed by atoms with Gasteiger partial charge in [0, 0.05) is 39.4 Å². The van der Waals surface area contributed by atoms with Crippen molar-refractivity contribution in [2.45, 2.75) is 70.2 Å². The predicted octanol–water partition coefficient (Wildman–Crippen LogP) is 3.86. The number of amides is 3. The molecule has 1 saturated heterocycles. The quantitative estimate of drug-likeness (QED) is 0.0830. The lowest BCUT2D eigenvalue weighted by Gasteiger charge is -2.35. The van der Waals surface area contributed by atoms with E-state index in [4.69, 9.17) is 5.21 Å². The van der Waals surface area contributed by atoms with E-state index in [1.54, 1.807) is 16.0 Å². The normalized spacial score (nSPS) is 16.2. The van der Waals surface area contributed by atoms with E-state index in [9.17, 15) is 23.1 Å². The first-order valence-electron chi connectivity index (χ1n) is 18.0. The SMILES string of the molecule is CC[C@H](C)[C@@H](C(=O)N[C@@H](Cc1ccccc1)[C@H](O)CN(CC(C)C)S(=O)(=O)c1ccc(/C=N/O)cc1)N1CCN(Cc2nc3cccnc3n2C)C1=O. The van der Waals surface area contributed by atoms with E-state index >= 15 is 0 Å². The van der Waals surface area contributed by atoms with Gasteiger partial charge in [-0.3, -0.25) is 4.79 Å². The smallest absolute Gasteiger partial charge is 0.321 e. The minimum absolute atomic E-state index is 0.0212. The number of oxime groups is 1. The number of fused-ring (bicyclic) bond motifs is 1. The number of nitrogens with zero attached hydrogens (tertiary/aromatic N) is 7. The molecule has 3 N–H and O–H groups in total. The number of carbonyl (C=O) groups excluding carboxylic acids is 2. The summed E-state index contributed by atoms with van der Waals surface area (Å²) in [4.78, 5) is 40.7. The van der Waals surface area contributed by atoms with Crippen LogP contribution in [0.4, 0.5) is 4.79 Å². The summed E-state index contributed by atoms with van der Waals surface area (Å²) in [6.45, 7) is 8.50. The monoisotopic (exact) mass is 746 g/mol. The second kappa shape index (κ2) is 17.3. The lowest BCUT2D eigenvalue weighted by molar-refractivity contribution is -0.128. The highest BCUT2D eigenvalue weighted by atomic mass is 32.2. The predicted molar refractivity (Wildman–Crippen MR) is 202 cm³/mol. The molecule has 0 unspecified atom stereocenters. The van der Waals surface area contributed by atoms with Gasteiger partial charge in [-0.05, 0) is 53.6 Å². The molecular weight excluding hydrogens is 697 g/mol. The van der Waals surface area contributed by atoms with Crippen LogP contribution < -0.4 is 5.32 Å². The van der Waals surface area contributed by atoms with E-state index in [0.717, 1.165) is 16.7 Å². The number of hydrogen-bond donors (Lipinski definition) is 3. The largest absolute Gasteiger partial charge is 0.411 e. The van der Waals surface area contributed by atoms with Crippen LogP contribution in [0.5, 0.6) is 0 Å². The van der Waals surface area contributed by atoms with Crippen molar-refractivity contribution in [3.05, 3.63) is 89.9 Å². The third-order valence-corrected chi connectivity index (χ3v) is 11.6. The fraction of sp³-hybridized carbons (Fsp3) is 0.447. The van der Waals surface area contributed by atoms with Crippen LogP contribution in [0.2, 0.25) is 0 Å². The van der Waals surface area contributed by atoms with E-state index in [-0.39, 0.29) is 48.8 Å². The zero-order valence-corrected chi connectivity index (χ0v) is 31.7. The summed E-state index contributed by atoms with van der Waals surface area (Å²) < 4.78 is 31.0. The van der Waals surface area contributed by atoms with Crippen LogP contribution in [0.25, 0.3) is 11.2 Å². The number of imidazole rings is 1. The number of hydrogen-bond acceptors (Lipinski definition) is 9. The summed E-state index contributed by atoms with van der Waals surface area (Å²) in [5.74, 6) is -0.0227. The first-order chi connectivity index (χ1) is 25.3. The third kappa shape index (κ3) is 9.21. The van der Waals surface area contributed by atoms with Crippen LogP contribution >= 0.6 is 0 Å². The molecule has 2 aromatic carbocycles. The number of aryl methyl sites for hydroxylation is 1. The topological polar surface area (TPSA) is 174 Å². The summed E-state index contributed by atoms with van der Waals surface area (Å²) in [6, 6.07) is 17.0. The fourth-order valence-corrected chi connectivity index (χ4v) is 8.32. The average molecular weight is 747 g/mol. The van der Waals surface area contributed by atoms with Gasteiger partial charge in [-0.15, -0.1) is 0 Å². The number of benzene rings is 2. The Morgan fingerprint density at radius 3 is 2.40 bits per heavy atom. The Morgan fingerprint density at radius 2 is 1.75 bits per heavy atom. The number of carbonyl (C=O) groups is 2. The van der Waals surface area contributed by atoms with Crippen molar-refractivity contribution in [1.82, 2.24) is 34.0 Å². The molecule has 14 nitrogen and oxygen atoms in total. The number of sulfonamides is 1. The van der Waals surface area contributed by atoms with Crippen molar-refractivity contribution in [1.29, 1.82) is 0 Å². The van der Waals surface area contributed by atoms with Gasteiger partial charge in [0.05, 0.1) is 29.8 Å². The molecule has 3 amide bonds. The van der Waals surface area contributed by atoms with Crippen LogP contribution in [0.1, 0.15) is 51.1 Å². The van der Waals surface area contributed by atoms with Gasteiger partial charge in [0.1, 0.15) is 17.4 Å². The Kier molecular flexibility index (Phi) is 12.9. The molecule has 0 spiro atoms. The van der Waals surface area contributed by atoms with E-state index in [0.29, 0.717) is 30.9 Å². The molecule has 15 heteroatoms. The summed E-state index contributed by atoms with van der Waals surface area (Å²) >= 11 is 0. The van der Waals surface area contributed by atoms with Gasteiger partial charge in [0.15, 0.2) is 5.65 Å². The van der Waals surface area contributed by atoms with Crippen LogP contribution in [0.15, 0.2) is 83.0 Å². The number of aliphatic hydroxyl groups is 1. The van der Waals surface area contributed by atoms with Gasteiger partial charge in [0.2, 0.25) is 15.9 Å². The van der Waals surface area contributed by atoms with Crippen LogP contribution in [0, 0.1) is 11.8 Å². The van der Waals surface area contributed by atoms with E-state index in [1.807, 2.05) is 81.8 Å². The Morgan fingerprint density at radius 1 is 1.04 bits per heavy atom. The van der Waals surface area contributed by atoms with Crippen LogP contribution in [-0.4, -0.2) is 110 Å². The molecule has 1 aliphatic heterocycles. The molecule has 1 fully saturated rings. The van der Waals surface area contributed by atoms with Crippen LogP contribution in [0.3, 0.4) is 0 Å². The Labute approximate surface area is 311 Å². The molecule has 1 aliphatic rings. The molecule has 0 saturated carbocycles. The molecule has 53 heavy (non-hydrogen) atoms. The zero-order valence-electron chi connectivity index (χ0n) is 30.9. The summed E-state index contributed by atoms with van der Waals surface area (Å²) in [5, 5.41) is 26.8. The highest BCUT2D eigenvalue weighted by Gasteiger charge is 2.41. The molecule has 4 atom stereocenters. The Bertz CT molecular complexity index is 1990. The second-order valence-corrected chi connectivity index (χ2v) is 16.0. The average Bonchev–Trinajstić information content (AvgIpc) is 3.66. The lowest BCUT2D eigenvalue weighted by Crippen LogP contribution is -2.57. The highest BCUT2D eigenvalue weighted by Crippen LogP contribution is 2.25. The minimum atomic E-state index is -4.07. The summed E-state index contributed by atoms with van der Waals surface area (Å²) in [5.41, 5.74) is 2.82. The molecule has 3 heterocycles. The minimum Gasteiger partial charge on any atom is -0.411 e. The molecule has 0 bridgehead atoms. The summed E-state index contributed by atoms with van der Waals surface area (Å²) in [6.07, 6.45) is 2.44. The number of aromatic nitrogens is 3. The maximum absolute atomic E-state index is 14.4. The van der Waals surface area contributed by atoms with Crippen molar-refractivity contribution >= 4 is 39.3 Å². The number of aliphatic hydroxyl groups excluding tert-OH is 1. The molecular formula is C38H50N8O6S. The van der Waals surface area contributed by atoms with Crippen molar-refractivity contribution in [2.75, 3.05) is 26.2 Å². The lowest BCUT2D eigenvalue weighted by atomic mass is 9.95. The molecule has 284 valence electrons. The van der Waals surface area contributed by atoms with E-state index < -0.39 is 34.1 Å². The van der Waals surface area contributed by atoms with Crippen molar-refractivity contribution < 1.29 is 28.3 Å². The third-order valence-electron chi connectivity index (χ3n) is 9.74. The van der Waals surface area contributed by atoms with Gasteiger partial charge in [-0.1, -0.05) is 81.7 Å². The van der Waals surface area contributed by atoms with Crippen molar-refractivity contribution in [2.24, 2.45) is 24.0 Å². The van der Waals surface area contributed by atoms with Gasteiger partial charge in [0.25, 0.3) is 0 Å². The molecule has 5 rings (SSSR count). The Hall–Kier alpha value is -4.86.